The number of rotatable bonds is 3. The molecule has 0 radical (unpaired) electrons. The number of likely N-dealkylation sites (tertiary alicyclic amines) is 1. The monoisotopic (exact) mass is 299 g/mol. The SMILES string of the molecule is Cc1ccc2ncc(CN3CCC(N4CCNCC4)C3)n2c1. The lowest BCUT2D eigenvalue weighted by atomic mass is 10.2. The summed E-state index contributed by atoms with van der Waals surface area (Å²) in [5.74, 6) is 0. The van der Waals surface area contributed by atoms with E-state index in [-0.39, 0.29) is 0 Å². The Labute approximate surface area is 131 Å². The normalized spacial score (nSPS) is 24.3. The van der Waals surface area contributed by atoms with Gasteiger partial charge in [-0.15, -0.1) is 0 Å². The van der Waals surface area contributed by atoms with E-state index in [4.69, 9.17) is 0 Å². The minimum Gasteiger partial charge on any atom is -0.314 e. The van der Waals surface area contributed by atoms with Crippen LogP contribution in [0.15, 0.2) is 24.5 Å². The molecule has 4 rings (SSSR count). The molecule has 0 saturated carbocycles. The summed E-state index contributed by atoms with van der Waals surface area (Å²) in [7, 11) is 0. The van der Waals surface area contributed by atoms with Crippen LogP contribution in [-0.2, 0) is 6.54 Å². The van der Waals surface area contributed by atoms with Crippen molar-refractivity contribution in [2.75, 3.05) is 39.3 Å². The average molecular weight is 299 g/mol. The van der Waals surface area contributed by atoms with Gasteiger partial charge in [-0.25, -0.2) is 4.98 Å². The molecule has 2 aromatic rings. The fourth-order valence-electron chi connectivity index (χ4n) is 3.78. The summed E-state index contributed by atoms with van der Waals surface area (Å²) in [6, 6.07) is 4.97. The first-order valence-electron chi connectivity index (χ1n) is 8.39. The molecule has 22 heavy (non-hydrogen) atoms. The second-order valence-electron chi connectivity index (χ2n) is 6.65. The van der Waals surface area contributed by atoms with Gasteiger partial charge in [0.25, 0.3) is 0 Å². The van der Waals surface area contributed by atoms with Crippen molar-refractivity contribution in [2.45, 2.75) is 25.9 Å². The van der Waals surface area contributed by atoms with Gasteiger partial charge in [-0.3, -0.25) is 9.80 Å². The lowest BCUT2D eigenvalue weighted by Crippen LogP contribution is -2.49. The van der Waals surface area contributed by atoms with Crippen LogP contribution in [0.5, 0.6) is 0 Å². The van der Waals surface area contributed by atoms with Crippen LogP contribution < -0.4 is 5.32 Å². The molecule has 2 fully saturated rings. The van der Waals surface area contributed by atoms with Crippen LogP contribution in [0.1, 0.15) is 17.7 Å². The topological polar surface area (TPSA) is 35.8 Å². The molecule has 4 heterocycles. The van der Waals surface area contributed by atoms with E-state index in [1.165, 1.54) is 43.9 Å². The van der Waals surface area contributed by atoms with Gasteiger partial charge in [0.15, 0.2) is 0 Å². The minimum atomic E-state index is 0.739. The van der Waals surface area contributed by atoms with Crippen molar-refractivity contribution >= 4 is 5.65 Å². The van der Waals surface area contributed by atoms with E-state index in [1.54, 1.807) is 0 Å². The maximum absolute atomic E-state index is 4.53. The van der Waals surface area contributed by atoms with Gasteiger partial charge in [0.05, 0.1) is 11.9 Å². The van der Waals surface area contributed by atoms with Crippen molar-refractivity contribution in [1.29, 1.82) is 0 Å². The van der Waals surface area contributed by atoms with E-state index in [2.05, 4.69) is 49.8 Å². The molecule has 2 aliphatic heterocycles. The summed E-state index contributed by atoms with van der Waals surface area (Å²) < 4.78 is 2.24. The van der Waals surface area contributed by atoms with Gasteiger partial charge in [0.2, 0.25) is 0 Å². The molecule has 2 aromatic heterocycles. The molecule has 1 N–H and O–H groups in total. The lowest BCUT2D eigenvalue weighted by molar-refractivity contribution is 0.170. The molecule has 0 amide bonds. The number of hydrogen-bond donors (Lipinski definition) is 1. The Bertz CT molecular complexity index is 644. The minimum absolute atomic E-state index is 0.739. The Balaban J connectivity index is 1.44. The second-order valence-corrected chi connectivity index (χ2v) is 6.65. The number of pyridine rings is 1. The van der Waals surface area contributed by atoms with E-state index in [0.29, 0.717) is 0 Å². The van der Waals surface area contributed by atoms with Gasteiger partial charge >= 0.3 is 0 Å². The fourth-order valence-corrected chi connectivity index (χ4v) is 3.78. The third-order valence-corrected chi connectivity index (χ3v) is 5.03. The molecule has 2 aliphatic rings. The van der Waals surface area contributed by atoms with E-state index in [9.17, 15) is 0 Å². The summed E-state index contributed by atoms with van der Waals surface area (Å²) in [6.45, 7) is 10.2. The number of imidazole rings is 1. The van der Waals surface area contributed by atoms with Crippen molar-refractivity contribution < 1.29 is 0 Å². The molecular weight excluding hydrogens is 274 g/mol. The van der Waals surface area contributed by atoms with E-state index < -0.39 is 0 Å². The number of aryl methyl sites for hydroxylation is 1. The Kier molecular flexibility index (Phi) is 3.86. The van der Waals surface area contributed by atoms with Crippen LogP contribution in [0.2, 0.25) is 0 Å². The van der Waals surface area contributed by atoms with Crippen molar-refractivity contribution in [3.8, 4) is 0 Å². The highest BCUT2D eigenvalue weighted by Gasteiger charge is 2.28. The van der Waals surface area contributed by atoms with Gasteiger partial charge in [0.1, 0.15) is 5.65 Å². The number of nitrogens with one attached hydrogen (secondary N) is 1. The zero-order chi connectivity index (χ0) is 14.9. The summed E-state index contributed by atoms with van der Waals surface area (Å²) in [4.78, 5) is 9.77. The van der Waals surface area contributed by atoms with Gasteiger partial charge < -0.3 is 9.72 Å². The molecule has 0 bridgehead atoms. The smallest absolute Gasteiger partial charge is 0.136 e. The molecule has 0 aliphatic carbocycles. The van der Waals surface area contributed by atoms with Gasteiger partial charge in [0, 0.05) is 58.1 Å². The second kappa shape index (κ2) is 5.99. The van der Waals surface area contributed by atoms with Crippen molar-refractivity contribution in [3.63, 3.8) is 0 Å². The Morgan fingerprint density at radius 1 is 1.23 bits per heavy atom. The fraction of sp³-hybridized carbons (Fsp3) is 0.588. The molecule has 5 nitrogen and oxygen atoms in total. The highest BCUT2D eigenvalue weighted by molar-refractivity contribution is 5.41. The number of nitrogens with zero attached hydrogens (tertiary/aromatic N) is 4. The van der Waals surface area contributed by atoms with Crippen LogP contribution in [0.3, 0.4) is 0 Å². The lowest BCUT2D eigenvalue weighted by Gasteiger charge is -2.32. The third-order valence-electron chi connectivity index (χ3n) is 5.03. The number of fused-ring (bicyclic) bond motifs is 1. The molecule has 2 saturated heterocycles. The maximum Gasteiger partial charge on any atom is 0.136 e. The largest absolute Gasteiger partial charge is 0.314 e. The zero-order valence-corrected chi connectivity index (χ0v) is 13.3. The first kappa shape index (κ1) is 14.2. The van der Waals surface area contributed by atoms with Crippen LogP contribution in [0.25, 0.3) is 5.65 Å². The molecule has 5 heteroatoms. The van der Waals surface area contributed by atoms with Gasteiger partial charge in [-0.2, -0.15) is 0 Å². The Morgan fingerprint density at radius 2 is 2.09 bits per heavy atom. The summed E-state index contributed by atoms with van der Waals surface area (Å²) in [5.41, 5.74) is 3.64. The predicted molar refractivity (Wildman–Crippen MR) is 88.1 cm³/mol. The predicted octanol–water partition coefficient (Wildman–Crippen LogP) is 1.12. The van der Waals surface area contributed by atoms with Crippen LogP contribution in [0, 0.1) is 6.92 Å². The highest BCUT2D eigenvalue weighted by Crippen LogP contribution is 2.19. The molecule has 0 spiro atoms. The van der Waals surface area contributed by atoms with Crippen molar-refractivity contribution in [3.05, 3.63) is 35.8 Å². The molecule has 1 unspecified atom stereocenters. The van der Waals surface area contributed by atoms with E-state index in [1.807, 2.05) is 6.20 Å². The van der Waals surface area contributed by atoms with E-state index in [0.717, 1.165) is 31.3 Å². The Hall–Kier alpha value is -1.43. The first-order valence-corrected chi connectivity index (χ1v) is 8.39. The molecule has 0 aromatic carbocycles. The molecule has 118 valence electrons. The van der Waals surface area contributed by atoms with E-state index >= 15 is 0 Å². The first-order chi connectivity index (χ1) is 10.8. The quantitative estimate of drug-likeness (QED) is 0.921. The summed E-state index contributed by atoms with van der Waals surface area (Å²) in [6.07, 6.45) is 5.53. The number of aromatic nitrogens is 2. The van der Waals surface area contributed by atoms with Crippen molar-refractivity contribution in [2.24, 2.45) is 0 Å². The number of piperazine rings is 1. The standard InChI is InChI=1S/C17H25N5/c1-14-2-3-17-19-10-16(22(17)11-14)13-20-7-4-15(12-20)21-8-5-18-6-9-21/h2-3,10-11,15,18H,4-9,12-13H2,1H3. The average Bonchev–Trinajstić information content (AvgIpc) is 3.16. The molecule has 1 atom stereocenters. The summed E-state index contributed by atoms with van der Waals surface area (Å²) in [5, 5.41) is 3.44. The number of hydrogen-bond acceptors (Lipinski definition) is 4. The highest BCUT2D eigenvalue weighted by atomic mass is 15.3. The van der Waals surface area contributed by atoms with Crippen LogP contribution in [0.4, 0.5) is 0 Å². The Morgan fingerprint density at radius 3 is 2.95 bits per heavy atom. The van der Waals surface area contributed by atoms with Crippen LogP contribution in [-0.4, -0.2) is 64.5 Å². The summed E-state index contributed by atoms with van der Waals surface area (Å²) >= 11 is 0. The maximum atomic E-state index is 4.53. The van der Waals surface area contributed by atoms with Gasteiger partial charge in [-0.1, -0.05) is 6.07 Å². The zero-order valence-electron chi connectivity index (χ0n) is 13.3. The van der Waals surface area contributed by atoms with Crippen LogP contribution >= 0.6 is 0 Å². The molecular formula is C17H25N5. The van der Waals surface area contributed by atoms with Crippen molar-refractivity contribution in [1.82, 2.24) is 24.5 Å². The van der Waals surface area contributed by atoms with Gasteiger partial charge in [-0.05, 0) is 25.0 Å². The third kappa shape index (κ3) is 2.76.